The van der Waals surface area contributed by atoms with Crippen LogP contribution in [0, 0.1) is 6.92 Å². The lowest BCUT2D eigenvalue weighted by molar-refractivity contribution is 0.414. The van der Waals surface area contributed by atoms with Gasteiger partial charge in [0.2, 0.25) is 0 Å². The van der Waals surface area contributed by atoms with Crippen LogP contribution in [-0.4, -0.2) is 20.1 Å². The van der Waals surface area contributed by atoms with E-state index in [0.29, 0.717) is 16.9 Å². The van der Waals surface area contributed by atoms with Gasteiger partial charge in [0.15, 0.2) is 0 Å². The number of ether oxygens (including phenoxy) is 1. The van der Waals surface area contributed by atoms with E-state index in [2.05, 4.69) is 0 Å². The van der Waals surface area contributed by atoms with Gasteiger partial charge in [-0.2, -0.15) is 0 Å². The molecule has 0 amide bonds. The Labute approximate surface area is 112 Å². The van der Waals surface area contributed by atoms with Crippen molar-refractivity contribution in [2.75, 3.05) is 7.11 Å². The molecule has 0 N–H and O–H groups in total. The predicted octanol–water partition coefficient (Wildman–Crippen LogP) is 2.57. The Morgan fingerprint density at radius 3 is 2.32 bits per heavy atom. The third-order valence-corrected chi connectivity index (χ3v) is 3.79. The normalized spacial score (nSPS) is 11.3. The van der Waals surface area contributed by atoms with Gasteiger partial charge < -0.3 is 9.29 Å². The second-order valence-electron chi connectivity index (χ2n) is 4.13. The summed E-state index contributed by atoms with van der Waals surface area (Å²) in [5.74, 6) is 0.505. The lowest BCUT2D eigenvalue weighted by Crippen LogP contribution is -2.02. The van der Waals surface area contributed by atoms with E-state index < -0.39 is 10.1 Å². The van der Waals surface area contributed by atoms with Gasteiger partial charge in [-0.3, -0.25) is 0 Å². The van der Waals surface area contributed by atoms with Gasteiger partial charge in [0.05, 0.1) is 12.0 Å². The number of benzene rings is 2. The first-order valence-corrected chi connectivity index (χ1v) is 7.04. The van der Waals surface area contributed by atoms with Gasteiger partial charge in [-0.05, 0) is 36.2 Å². The van der Waals surface area contributed by atoms with E-state index in [1.54, 1.807) is 18.2 Å². The molecule has 0 fully saturated rings. The highest BCUT2D eigenvalue weighted by Crippen LogP contribution is 2.32. The van der Waals surface area contributed by atoms with E-state index in [9.17, 15) is 13.0 Å². The minimum atomic E-state index is -4.53. The monoisotopic (exact) mass is 277 g/mol. The standard InChI is InChI=1S/C14H14O4S/c1-10-5-3-4-6-12(10)13-9-11(18-2)7-8-14(13)19(15,16)17/h3-9H,1-2H3,(H,15,16,17)/p-1. The van der Waals surface area contributed by atoms with E-state index in [1.165, 1.54) is 19.2 Å². The molecule has 4 nitrogen and oxygen atoms in total. The van der Waals surface area contributed by atoms with Crippen molar-refractivity contribution < 1.29 is 17.7 Å². The molecule has 0 radical (unpaired) electrons. The Hall–Kier alpha value is -1.85. The fourth-order valence-electron chi connectivity index (χ4n) is 1.94. The lowest BCUT2D eigenvalue weighted by atomic mass is 10.0. The fourth-order valence-corrected chi connectivity index (χ4v) is 2.61. The lowest BCUT2D eigenvalue weighted by Gasteiger charge is -2.15. The van der Waals surface area contributed by atoms with Crippen molar-refractivity contribution in [2.45, 2.75) is 11.8 Å². The molecule has 0 saturated carbocycles. The zero-order valence-electron chi connectivity index (χ0n) is 10.6. The Morgan fingerprint density at radius 1 is 1.05 bits per heavy atom. The SMILES string of the molecule is COc1ccc(S(=O)(=O)[O-])c(-c2ccccc2C)c1. The molecule has 0 aliphatic rings. The van der Waals surface area contributed by atoms with Crippen LogP contribution in [0.3, 0.4) is 0 Å². The summed E-state index contributed by atoms with van der Waals surface area (Å²) in [6.07, 6.45) is 0. The van der Waals surface area contributed by atoms with Gasteiger partial charge in [-0.25, -0.2) is 8.42 Å². The molecule has 0 aromatic heterocycles. The molecular weight excluding hydrogens is 264 g/mol. The van der Waals surface area contributed by atoms with Crippen LogP contribution in [-0.2, 0) is 10.1 Å². The summed E-state index contributed by atoms with van der Waals surface area (Å²) in [7, 11) is -3.04. The van der Waals surface area contributed by atoms with Crippen molar-refractivity contribution in [3.8, 4) is 16.9 Å². The predicted molar refractivity (Wildman–Crippen MR) is 71.1 cm³/mol. The number of rotatable bonds is 3. The summed E-state index contributed by atoms with van der Waals surface area (Å²) in [5.41, 5.74) is 1.96. The molecule has 0 bridgehead atoms. The van der Waals surface area contributed by atoms with Gasteiger partial charge in [0.1, 0.15) is 15.9 Å². The summed E-state index contributed by atoms with van der Waals surface area (Å²) in [4.78, 5) is -0.234. The zero-order chi connectivity index (χ0) is 14.0. The molecule has 19 heavy (non-hydrogen) atoms. The molecular formula is C14H13O4S-. The summed E-state index contributed by atoms with van der Waals surface area (Å²) in [6.45, 7) is 1.86. The topological polar surface area (TPSA) is 66.4 Å². The van der Waals surface area contributed by atoms with E-state index in [0.717, 1.165) is 5.56 Å². The smallest absolute Gasteiger partial charge is 0.125 e. The van der Waals surface area contributed by atoms with Crippen LogP contribution in [0.2, 0.25) is 0 Å². The van der Waals surface area contributed by atoms with Crippen molar-refractivity contribution in [3.05, 3.63) is 48.0 Å². The molecule has 100 valence electrons. The quantitative estimate of drug-likeness (QED) is 0.809. The zero-order valence-corrected chi connectivity index (χ0v) is 11.4. The molecule has 0 heterocycles. The molecule has 0 unspecified atom stereocenters. The average molecular weight is 277 g/mol. The molecule has 0 saturated heterocycles. The molecule has 0 atom stereocenters. The Balaban J connectivity index is 2.77. The molecule has 2 rings (SSSR count). The highest BCUT2D eigenvalue weighted by atomic mass is 32.2. The maximum atomic E-state index is 11.3. The molecule has 0 spiro atoms. The van der Waals surface area contributed by atoms with Crippen LogP contribution in [0.5, 0.6) is 5.75 Å². The Morgan fingerprint density at radius 2 is 1.74 bits per heavy atom. The number of methoxy groups -OCH3 is 1. The highest BCUT2D eigenvalue weighted by Gasteiger charge is 2.13. The highest BCUT2D eigenvalue weighted by molar-refractivity contribution is 7.85. The summed E-state index contributed by atoms with van der Waals surface area (Å²) in [5, 5.41) is 0. The minimum absolute atomic E-state index is 0.234. The van der Waals surface area contributed by atoms with Crippen molar-refractivity contribution in [3.63, 3.8) is 0 Å². The van der Waals surface area contributed by atoms with Crippen LogP contribution >= 0.6 is 0 Å². The van der Waals surface area contributed by atoms with Crippen molar-refractivity contribution in [2.24, 2.45) is 0 Å². The largest absolute Gasteiger partial charge is 0.744 e. The van der Waals surface area contributed by atoms with Gasteiger partial charge in [-0.15, -0.1) is 0 Å². The van der Waals surface area contributed by atoms with Crippen molar-refractivity contribution in [1.82, 2.24) is 0 Å². The molecule has 2 aromatic rings. The van der Waals surface area contributed by atoms with E-state index in [-0.39, 0.29) is 4.90 Å². The third-order valence-electron chi connectivity index (χ3n) is 2.89. The average Bonchev–Trinajstić information content (AvgIpc) is 2.37. The second-order valence-corrected chi connectivity index (χ2v) is 5.48. The van der Waals surface area contributed by atoms with Gasteiger partial charge >= 0.3 is 0 Å². The summed E-state index contributed by atoms with van der Waals surface area (Å²) < 4.78 is 39.1. The van der Waals surface area contributed by atoms with Gasteiger partial charge in [-0.1, -0.05) is 24.3 Å². The summed E-state index contributed by atoms with van der Waals surface area (Å²) >= 11 is 0. The fraction of sp³-hybridized carbons (Fsp3) is 0.143. The van der Waals surface area contributed by atoms with Crippen molar-refractivity contribution >= 4 is 10.1 Å². The number of hydrogen-bond acceptors (Lipinski definition) is 4. The first kappa shape index (κ1) is 13.6. The first-order valence-electron chi connectivity index (χ1n) is 5.63. The van der Waals surface area contributed by atoms with E-state index in [1.807, 2.05) is 19.1 Å². The molecule has 0 aliphatic carbocycles. The van der Waals surface area contributed by atoms with Gasteiger partial charge in [0, 0.05) is 5.56 Å². The first-order chi connectivity index (χ1) is 8.93. The maximum absolute atomic E-state index is 11.3. The van der Waals surface area contributed by atoms with Crippen LogP contribution in [0.4, 0.5) is 0 Å². The van der Waals surface area contributed by atoms with Crippen molar-refractivity contribution in [1.29, 1.82) is 0 Å². The van der Waals surface area contributed by atoms with Crippen LogP contribution < -0.4 is 4.74 Å². The Kier molecular flexibility index (Phi) is 3.59. The second kappa shape index (κ2) is 5.03. The third kappa shape index (κ3) is 2.77. The van der Waals surface area contributed by atoms with Crippen LogP contribution in [0.1, 0.15) is 5.56 Å². The van der Waals surface area contributed by atoms with Crippen LogP contribution in [0.25, 0.3) is 11.1 Å². The van der Waals surface area contributed by atoms with E-state index in [4.69, 9.17) is 4.74 Å². The minimum Gasteiger partial charge on any atom is -0.744 e. The van der Waals surface area contributed by atoms with Crippen LogP contribution in [0.15, 0.2) is 47.4 Å². The number of aryl methyl sites for hydroxylation is 1. The molecule has 5 heteroatoms. The molecule has 2 aromatic carbocycles. The summed E-state index contributed by atoms with van der Waals surface area (Å²) in [6, 6.07) is 11.6. The number of hydrogen-bond donors (Lipinski definition) is 0. The Bertz CT molecular complexity index is 705. The maximum Gasteiger partial charge on any atom is 0.125 e. The van der Waals surface area contributed by atoms with E-state index >= 15 is 0 Å². The van der Waals surface area contributed by atoms with Gasteiger partial charge in [0.25, 0.3) is 0 Å². The molecule has 0 aliphatic heterocycles.